The fourth-order valence-electron chi connectivity index (χ4n) is 1.01. The zero-order valence-corrected chi connectivity index (χ0v) is 10.5. The van der Waals surface area contributed by atoms with Gasteiger partial charge in [-0.2, -0.15) is 4.99 Å². The maximum absolute atomic E-state index is 11.3. The number of aromatic nitrogens is 1. The van der Waals surface area contributed by atoms with Crippen LogP contribution in [0.1, 0.15) is 12.8 Å². The van der Waals surface area contributed by atoms with E-state index in [4.69, 9.17) is 0 Å². The Morgan fingerprint density at radius 1 is 1.67 bits per heavy atom. The van der Waals surface area contributed by atoms with Crippen molar-refractivity contribution >= 4 is 29.7 Å². The Morgan fingerprint density at radius 2 is 2.40 bits per heavy atom. The molecule has 0 radical (unpaired) electrons. The average molecular weight is 250 g/mol. The Bertz CT molecular complexity index is 358. The molecule has 1 rings (SSSR count). The summed E-state index contributed by atoms with van der Waals surface area (Å²) in [6.07, 6.45) is 3.25. The molecule has 0 unspecified atom stereocenters. The lowest BCUT2D eigenvalue weighted by atomic mass is 10.3. The summed E-state index contributed by atoms with van der Waals surface area (Å²) in [6.45, 7) is 0.859. The minimum absolute atomic E-state index is 0. The molecule has 0 spiro atoms. The Labute approximate surface area is 99.5 Å². The summed E-state index contributed by atoms with van der Waals surface area (Å²) in [4.78, 5) is 16.1. The second-order valence-electron chi connectivity index (χ2n) is 3.01. The van der Waals surface area contributed by atoms with E-state index in [1.54, 1.807) is 0 Å². The third-order valence-electron chi connectivity index (χ3n) is 1.80. The van der Waals surface area contributed by atoms with E-state index in [2.05, 4.69) is 10.3 Å². The van der Waals surface area contributed by atoms with Gasteiger partial charge >= 0.3 is 0 Å². The van der Waals surface area contributed by atoms with Crippen molar-refractivity contribution in [2.45, 2.75) is 12.8 Å². The number of nitrogens with zero attached hydrogens (tertiary/aromatic N) is 2. The van der Waals surface area contributed by atoms with Gasteiger partial charge in [0, 0.05) is 25.0 Å². The molecule has 1 amide bonds. The van der Waals surface area contributed by atoms with E-state index in [0.29, 0.717) is 6.42 Å². The summed E-state index contributed by atoms with van der Waals surface area (Å²) in [7, 11) is 3.76. The fourth-order valence-corrected chi connectivity index (χ4v) is 1.76. The van der Waals surface area contributed by atoms with Crippen molar-refractivity contribution in [2.75, 3.05) is 13.6 Å². The highest BCUT2D eigenvalue weighted by molar-refractivity contribution is 7.07. The highest BCUT2D eigenvalue weighted by atomic mass is 35.5. The summed E-state index contributed by atoms with van der Waals surface area (Å²) in [5.74, 6) is -0.0432. The smallest absolute Gasteiger partial charge is 0.248 e. The van der Waals surface area contributed by atoms with Crippen LogP contribution in [0, 0.1) is 0 Å². The highest BCUT2D eigenvalue weighted by Gasteiger charge is 1.98. The van der Waals surface area contributed by atoms with Gasteiger partial charge < -0.3 is 9.88 Å². The number of rotatable bonds is 4. The molecule has 0 aliphatic carbocycles. The van der Waals surface area contributed by atoms with E-state index in [9.17, 15) is 4.79 Å². The van der Waals surface area contributed by atoms with Crippen molar-refractivity contribution in [2.24, 2.45) is 12.0 Å². The predicted octanol–water partition coefficient (Wildman–Crippen LogP) is 0.935. The maximum Gasteiger partial charge on any atom is 0.248 e. The lowest BCUT2D eigenvalue weighted by molar-refractivity contribution is -0.118. The summed E-state index contributed by atoms with van der Waals surface area (Å²) in [5.41, 5.74) is 0. The number of amides is 1. The van der Waals surface area contributed by atoms with Crippen LogP contribution in [0.15, 0.2) is 16.6 Å². The minimum Gasteiger partial charge on any atom is -0.327 e. The predicted molar refractivity (Wildman–Crippen MR) is 64.3 cm³/mol. The van der Waals surface area contributed by atoms with E-state index >= 15 is 0 Å². The van der Waals surface area contributed by atoms with Crippen LogP contribution in [-0.2, 0) is 11.8 Å². The quantitative estimate of drug-likeness (QED) is 0.808. The normalized spacial score (nSPS) is 11.2. The van der Waals surface area contributed by atoms with Gasteiger partial charge in [-0.1, -0.05) is 0 Å². The Balaban J connectivity index is 0.00000196. The second-order valence-corrected chi connectivity index (χ2v) is 3.88. The number of carbonyl (C=O) groups is 1. The third-order valence-corrected chi connectivity index (χ3v) is 2.65. The van der Waals surface area contributed by atoms with Crippen molar-refractivity contribution in [1.82, 2.24) is 9.88 Å². The molecule has 4 nitrogen and oxygen atoms in total. The first-order valence-corrected chi connectivity index (χ1v) is 5.44. The molecule has 0 saturated heterocycles. The van der Waals surface area contributed by atoms with Gasteiger partial charge in [-0.3, -0.25) is 4.79 Å². The van der Waals surface area contributed by atoms with Crippen LogP contribution in [0.25, 0.3) is 0 Å². The van der Waals surface area contributed by atoms with E-state index in [-0.39, 0.29) is 18.3 Å². The van der Waals surface area contributed by atoms with Gasteiger partial charge in [-0.25, -0.2) is 0 Å². The van der Waals surface area contributed by atoms with Crippen LogP contribution >= 0.6 is 23.7 Å². The number of hydrogen-bond donors (Lipinski definition) is 1. The van der Waals surface area contributed by atoms with Crippen LogP contribution in [0.3, 0.4) is 0 Å². The number of nitrogens with one attached hydrogen (secondary N) is 1. The molecule has 0 bridgehead atoms. The maximum atomic E-state index is 11.3. The monoisotopic (exact) mass is 249 g/mol. The first kappa shape index (κ1) is 14.3. The minimum atomic E-state index is -0.0432. The first-order chi connectivity index (χ1) is 6.74. The number of hydrogen-bond acceptors (Lipinski definition) is 3. The van der Waals surface area contributed by atoms with Crippen molar-refractivity contribution < 1.29 is 4.79 Å². The van der Waals surface area contributed by atoms with E-state index in [1.165, 1.54) is 11.3 Å². The number of thiazole rings is 1. The lowest BCUT2D eigenvalue weighted by Crippen LogP contribution is -2.14. The molecule has 0 saturated carbocycles. The van der Waals surface area contributed by atoms with Gasteiger partial charge in [-0.15, -0.1) is 23.7 Å². The fraction of sp³-hybridized carbons (Fsp3) is 0.556. The molecule has 1 heterocycles. The van der Waals surface area contributed by atoms with E-state index in [1.807, 2.05) is 30.2 Å². The molecule has 1 aromatic rings. The van der Waals surface area contributed by atoms with E-state index < -0.39 is 0 Å². The summed E-state index contributed by atoms with van der Waals surface area (Å²) < 4.78 is 1.85. The molecule has 0 fully saturated rings. The Hall–Kier alpha value is -0.650. The van der Waals surface area contributed by atoms with Crippen LogP contribution in [0.4, 0.5) is 0 Å². The standard InChI is InChI=1S/C9H15N3OS.ClH/c1-10-5-3-4-8(13)11-9-12(2)6-7-14-9;/h6-7,10H,3-5H2,1-2H3;1H. The van der Waals surface area contributed by atoms with Crippen molar-refractivity contribution in [3.63, 3.8) is 0 Å². The van der Waals surface area contributed by atoms with E-state index in [0.717, 1.165) is 17.8 Å². The summed E-state index contributed by atoms with van der Waals surface area (Å²) in [5, 5.41) is 4.91. The number of halogens is 1. The van der Waals surface area contributed by atoms with Crippen LogP contribution in [0.2, 0.25) is 0 Å². The topological polar surface area (TPSA) is 46.4 Å². The van der Waals surface area contributed by atoms with Crippen LogP contribution in [0.5, 0.6) is 0 Å². The largest absolute Gasteiger partial charge is 0.327 e. The second kappa shape index (κ2) is 7.62. The number of carbonyl (C=O) groups excluding carboxylic acids is 1. The summed E-state index contributed by atoms with van der Waals surface area (Å²) in [6, 6.07) is 0. The molecule has 0 aliphatic rings. The first-order valence-electron chi connectivity index (χ1n) is 4.56. The average Bonchev–Trinajstić information content (AvgIpc) is 2.52. The summed E-state index contributed by atoms with van der Waals surface area (Å²) >= 11 is 1.48. The van der Waals surface area contributed by atoms with Gasteiger partial charge in [-0.05, 0) is 20.0 Å². The molecule has 1 aromatic heterocycles. The molecule has 1 N–H and O–H groups in total. The highest BCUT2D eigenvalue weighted by Crippen LogP contribution is 1.92. The molecule has 0 aliphatic heterocycles. The van der Waals surface area contributed by atoms with Crippen molar-refractivity contribution in [3.05, 3.63) is 16.4 Å². The Kier molecular flexibility index (Phi) is 7.29. The Morgan fingerprint density at radius 3 is 2.93 bits per heavy atom. The van der Waals surface area contributed by atoms with Crippen molar-refractivity contribution in [3.8, 4) is 0 Å². The van der Waals surface area contributed by atoms with Crippen molar-refractivity contribution in [1.29, 1.82) is 0 Å². The lowest BCUT2D eigenvalue weighted by Gasteiger charge is -1.95. The zero-order chi connectivity index (χ0) is 10.4. The molecule has 6 heteroatoms. The molecule has 0 atom stereocenters. The molecular weight excluding hydrogens is 234 g/mol. The SMILES string of the molecule is CNCCCC(=O)N=c1sccn1C.Cl. The third kappa shape index (κ3) is 5.11. The number of aryl methyl sites for hydroxylation is 1. The molecule has 15 heavy (non-hydrogen) atoms. The van der Waals surface area contributed by atoms with Gasteiger partial charge in [0.05, 0.1) is 0 Å². The van der Waals surface area contributed by atoms with Gasteiger partial charge in [0.2, 0.25) is 5.91 Å². The van der Waals surface area contributed by atoms with Gasteiger partial charge in [0.1, 0.15) is 0 Å². The molecule has 86 valence electrons. The van der Waals surface area contributed by atoms with Crippen LogP contribution in [-0.4, -0.2) is 24.1 Å². The zero-order valence-electron chi connectivity index (χ0n) is 8.90. The molecule has 0 aromatic carbocycles. The van der Waals surface area contributed by atoms with Gasteiger partial charge in [0.15, 0.2) is 4.80 Å². The molecular formula is C9H16ClN3OS. The van der Waals surface area contributed by atoms with Gasteiger partial charge in [0.25, 0.3) is 0 Å². The van der Waals surface area contributed by atoms with Crippen LogP contribution < -0.4 is 10.1 Å².